The van der Waals surface area contributed by atoms with Gasteiger partial charge in [-0.15, -0.1) is 0 Å². The standard InChI is InChI=1S/C15H23NO3/c1-3-4-9-16-11(2)15(17)14-10-18-12-7-5-6-8-13(12)19-14/h5-8,11,14-17H,3-4,9-10H2,1-2H3/t11-,14+,15-/m1/s1. The average molecular weight is 265 g/mol. The summed E-state index contributed by atoms with van der Waals surface area (Å²) >= 11 is 0. The van der Waals surface area contributed by atoms with Crippen molar-refractivity contribution >= 4 is 0 Å². The molecule has 0 amide bonds. The lowest BCUT2D eigenvalue weighted by Gasteiger charge is -2.32. The molecule has 0 spiro atoms. The fraction of sp³-hybridized carbons (Fsp3) is 0.600. The second kappa shape index (κ2) is 6.78. The van der Waals surface area contributed by atoms with Crippen molar-refractivity contribution < 1.29 is 14.6 Å². The molecule has 0 unspecified atom stereocenters. The van der Waals surface area contributed by atoms with Crippen LogP contribution < -0.4 is 14.8 Å². The summed E-state index contributed by atoms with van der Waals surface area (Å²) in [5, 5.41) is 13.6. The molecule has 19 heavy (non-hydrogen) atoms. The Labute approximate surface area is 114 Å². The van der Waals surface area contributed by atoms with Crippen LogP contribution in [0.1, 0.15) is 26.7 Å². The molecule has 0 saturated heterocycles. The summed E-state index contributed by atoms with van der Waals surface area (Å²) in [6.07, 6.45) is 1.36. The Hall–Kier alpha value is -1.26. The van der Waals surface area contributed by atoms with Crippen LogP contribution in [0.4, 0.5) is 0 Å². The Morgan fingerprint density at radius 3 is 2.84 bits per heavy atom. The third-order valence-electron chi connectivity index (χ3n) is 3.42. The van der Waals surface area contributed by atoms with Crippen LogP contribution in [0.25, 0.3) is 0 Å². The smallest absolute Gasteiger partial charge is 0.161 e. The third kappa shape index (κ3) is 3.61. The molecule has 1 aliphatic heterocycles. The molecule has 2 N–H and O–H groups in total. The normalized spacial score (nSPS) is 20.9. The number of aliphatic hydroxyl groups is 1. The van der Waals surface area contributed by atoms with Crippen LogP contribution in [0.5, 0.6) is 11.5 Å². The second-order valence-corrected chi connectivity index (χ2v) is 5.00. The number of ether oxygens (including phenoxy) is 2. The number of para-hydroxylation sites is 2. The van der Waals surface area contributed by atoms with Gasteiger partial charge in [-0.05, 0) is 32.0 Å². The number of aliphatic hydroxyl groups excluding tert-OH is 1. The van der Waals surface area contributed by atoms with Crippen LogP contribution in [-0.2, 0) is 0 Å². The van der Waals surface area contributed by atoms with Crippen LogP contribution in [-0.4, -0.2) is 36.5 Å². The maximum Gasteiger partial charge on any atom is 0.161 e. The fourth-order valence-electron chi connectivity index (χ4n) is 2.15. The van der Waals surface area contributed by atoms with E-state index in [1.807, 2.05) is 31.2 Å². The molecular weight excluding hydrogens is 242 g/mol. The Balaban J connectivity index is 1.89. The highest BCUT2D eigenvalue weighted by Gasteiger charge is 2.30. The number of fused-ring (bicyclic) bond motifs is 1. The maximum absolute atomic E-state index is 10.3. The SMILES string of the molecule is CCCCN[C@H](C)[C@@H](O)[C@@H]1COc2ccccc2O1. The molecule has 0 fully saturated rings. The van der Waals surface area contributed by atoms with Gasteiger partial charge in [0.1, 0.15) is 12.7 Å². The van der Waals surface area contributed by atoms with Crippen molar-refractivity contribution in [3.8, 4) is 11.5 Å². The van der Waals surface area contributed by atoms with E-state index in [2.05, 4.69) is 12.2 Å². The third-order valence-corrected chi connectivity index (χ3v) is 3.42. The van der Waals surface area contributed by atoms with E-state index < -0.39 is 6.10 Å². The number of hydrogen-bond donors (Lipinski definition) is 2. The highest BCUT2D eigenvalue weighted by Crippen LogP contribution is 2.31. The van der Waals surface area contributed by atoms with E-state index >= 15 is 0 Å². The van der Waals surface area contributed by atoms with Crippen LogP contribution in [0.3, 0.4) is 0 Å². The molecule has 4 heteroatoms. The summed E-state index contributed by atoms with van der Waals surface area (Å²) in [5.74, 6) is 1.45. The van der Waals surface area contributed by atoms with Gasteiger partial charge in [0.25, 0.3) is 0 Å². The van der Waals surface area contributed by atoms with Gasteiger partial charge >= 0.3 is 0 Å². The van der Waals surface area contributed by atoms with E-state index in [1.54, 1.807) is 0 Å². The molecular formula is C15H23NO3. The molecule has 1 aromatic carbocycles. The predicted molar refractivity (Wildman–Crippen MR) is 74.7 cm³/mol. The summed E-state index contributed by atoms with van der Waals surface area (Å²) in [7, 11) is 0. The van der Waals surface area contributed by atoms with Crippen molar-refractivity contribution in [3.63, 3.8) is 0 Å². The summed E-state index contributed by atoms with van der Waals surface area (Å²) in [5.41, 5.74) is 0. The molecule has 0 aliphatic carbocycles. The molecule has 2 rings (SSSR count). The predicted octanol–water partition coefficient (Wildman–Crippen LogP) is 1.97. The molecule has 0 saturated carbocycles. The van der Waals surface area contributed by atoms with Gasteiger partial charge in [-0.2, -0.15) is 0 Å². The molecule has 0 radical (unpaired) electrons. The lowest BCUT2D eigenvalue weighted by atomic mass is 10.1. The van der Waals surface area contributed by atoms with Crippen molar-refractivity contribution in [1.29, 1.82) is 0 Å². The van der Waals surface area contributed by atoms with Gasteiger partial charge in [0.15, 0.2) is 17.6 Å². The van der Waals surface area contributed by atoms with Crippen molar-refractivity contribution in [3.05, 3.63) is 24.3 Å². The van der Waals surface area contributed by atoms with Crippen LogP contribution in [0.15, 0.2) is 24.3 Å². The van der Waals surface area contributed by atoms with Crippen LogP contribution in [0.2, 0.25) is 0 Å². The van der Waals surface area contributed by atoms with Crippen molar-refractivity contribution in [2.75, 3.05) is 13.2 Å². The van der Waals surface area contributed by atoms with Crippen LogP contribution in [0, 0.1) is 0 Å². The summed E-state index contributed by atoms with van der Waals surface area (Å²) in [6, 6.07) is 7.54. The Morgan fingerprint density at radius 2 is 2.11 bits per heavy atom. The monoisotopic (exact) mass is 265 g/mol. The molecule has 106 valence electrons. The summed E-state index contributed by atoms with van der Waals surface area (Å²) in [6.45, 7) is 5.43. The van der Waals surface area contributed by atoms with E-state index in [9.17, 15) is 5.11 Å². The minimum atomic E-state index is -0.579. The number of unbranched alkanes of at least 4 members (excludes halogenated alkanes) is 1. The lowest BCUT2D eigenvalue weighted by molar-refractivity contribution is -0.0246. The van der Waals surface area contributed by atoms with Gasteiger partial charge in [-0.25, -0.2) is 0 Å². The molecule has 1 aliphatic rings. The van der Waals surface area contributed by atoms with Gasteiger partial charge < -0.3 is 19.9 Å². The number of nitrogens with one attached hydrogen (secondary N) is 1. The van der Waals surface area contributed by atoms with Crippen molar-refractivity contribution in [2.24, 2.45) is 0 Å². The first-order valence-corrected chi connectivity index (χ1v) is 7.02. The summed E-state index contributed by atoms with van der Waals surface area (Å²) < 4.78 is 11.4. The molecule has 0 aromatic heterocycles. The molecule has 3 atom stereocenters. The minimum absolute atomic E-state index is 0.00888. The van der Waals surface area contributed by atoms with Gasteiger partial charge in [0, 0.05) is 6.04 Å². The lowest BCUT2D eigenvalue weighted by Crippen LogP contribution is -2.50. The van der Waals surface area contributed by atoms with E-state index in [-0.39, 0.29) is 12.1 Å². The van der Waals surface area contributed by atoms with Crippen molar-refractivity contribution in [1.82, 2.24) is 5.32 Å². The average Bonchev–Trinajstić information content (AvgIpc) is 2.46. The first-order chi connectivity index (χ1) is 9.22. The van der Waals surface area contributed by atoms with E-state index in [0.29, 0.717) is 12.4 Å². The highest BCUT2D eigenvalue weighted by molar-refractivity contribution is 5.40. The van der Waals surface area contributed by atoms with Gasteiger partial charge in [0.05, 0.1) is 0 Å². The van der Waals surface area contributed by atoms with Crippen LogP contribution >= 0.6 is 0 Å². The second-order valence-electron chi connectivity index (χ2n) is 5.00. The Kier molecular flexibility index (Phi) is 5.05. The highest BCUT2D eigenvalue weighted by atomic mass is 16.6. The van der Waals surface area contributed by atoms with E-state index in [0.717, 1.165) is 25.1 Å². The molecule has 0 bridgehead atoms. The zero-order valence-corrected chi connectivity index (χ0v) is 11.6. The molecule has 1 heterocycles. The largest absolute Gasteiger partial charge is 0.486 e. The Bertz CT molecular complexity index is 397. The maximum atomic E-state index is 10.3. The first kappa shape index (κ1) is 14.2. The van der Waals surface area contributed by atoms with E-state index in [1.165, 1.54) is 0 Å². The van der Waals surface area contributed by atoms with Gasteiger partial charge in [-0.1, -0.05) is 25.5 Å². The fourth-order valence-corrected chi connectivity index (χ4v) is 2.15. The topological polar surface area (TPSA) is 50.7 Å². The van der Waals surface area contributed by atoms with Crippen molar-refractivity contribution in [2.45, 2.75) is 44.9 Å². The molecule has 4 nitrogen and oxygen atoms in total. The quantitative estimate of drug-likeness (QED) is 0.772. The zero-order valence-electron chi connectivity index (χ0n) is 11.6. The van der Waals surface area contributed by atoms with E-state index in [4.69, 9.17) is 9.47 Å². The summed E-state index contributed by atoms with van der Waals surface area (Å²) in [4.78, 5) is 0. The van der Waals surface area contributed by atoms with Gasteiger partial charge in [0.2, 0.25) is 0 Å². The molecule has 1 aromatic rings. The van der Waals surface area contributed by atoms with Gasteiger partial charge in [-0.3, -0.25) is 0 Å². The number of hydrogen-bond acceptors (Lipinski definition) is 4. The minimum Gasteiger partial charge on any atom is -0.486 e. The zero-order chi connectivity index (χ0) is 13.7. The number of benzene rings is 1. The Morgan fingerprint density at radius 1 is 1.37 bits per heavy atom. The first-order valence-electron chi connectivity index (χ1n) is 7.02. The number of rotatable bonds is 6.